The number of carbonyl (C=O) groups excluding carboxylic acids is 1. The quantitative estimate of drug-likeness (QED) is 0.558. The van der Waals surface area contributed by atoms with Crippen molar-refractivity contribution in [2.24, 2.45) is 0 Å². The van der Waals surface area contributed by atoms with E-state index in [2.05, 4.69) is 16.8 Å². The van der Waals surface area contributed by atoms with Gasteiger partial charge in [0.25, 0.3) is 0 Å². The Kier molecular flexibility index (Phi) is 4.67. The summed E-state index contributed by atoms with van der Waals surface area (Å²) >= 11 is 6.97. The van der Waals surface area contributed by atoms with Crippen molar-refractivity contribution in [2.75, 3.05) is 5.75 Å². The zero-order valence-corrected chi connectivity index (χ0v) is 10.1. The van der Waals surface area contributed by atoms with Crippen LogP contribution in [0.1, 0.15) is 18.1 Å². The number of aromatic nitrogens is 1. The highest BCUT2D eigenvalue weighted by molar-refractivity contribution is 8.13. The second-order valence-electron chi connectivity index (χ2n) is 2.91. The molecule has 4 heteroatoms. The fraction of sp³-hybridized carbons (Fsp3) is 0.273. The van der Waals surface area contributed by atoms with Crippen LogP contribution in [0.15, 0.2) is 12.3 Å². The molecule has 0 saturated carbocycles. The van der Waals surface area contributed by atoms with Crippen molar-refractivity contribution in [1.29, 1.82) is 0 Å². The van der Waals surface area contributed by atoms with Gasteiger partial charge in [0.05, 0.1) is 5.75 Å². The van der Waals surface area contributed by atoms with Gasteiger partial charge in [0.2, 0.25) is 0 Å². The molecule has 78 valence electrons. The van der Waals surface area contributed by atoms with Crippen LogP contribution >= 0.6 is 23.4 Å². The molecule has 0 aromatic carbocycles. The summed E-state index contributed by atoms with van der Waals surface area (Å²) in [7, 11) is 0. The number of aryl methyl sites for hydroxylation is 1. The molecule has 0 saturated heterocycles. The van der Waals surface area contributed by atoms with E-state index in [1.165, 1.54) is 18.7 Å². The number of thioether (sulfide) groups is 1. The van der Waals surface area contributed by atoms with Gasteiger partial charge in [-0.1, -0.05) is 35.2 Å². The van der Waals surface area contributed by atoms with E-state index in [-0.39, 0.29) is 5.12 Å². The Morgan fingerprint density at radius 1 is 1.67 bits per heavy atom. The van der Waals surface area contributed by atoms with Crippen LogP contribution in [0.3, 0.4) is 0 Å². The Morgan fingerprint density at radius 2 is 2.40 bits per heavy atom. The van der Waals surface area contributed by atoms with Crippen LogP contribution in [0.2, 0.25) is 5.15 Å². The summed E-state index contributed by atoms with van der Waals surface area (Å²) in [5.41, 5.74) is 1.73. The van der Waals surface area contributed by atoms with Gasteiger partial charge < -0.3 is 0 Å². The number of hydrogen-bond donors (Lipinski definition) is 0. The van der Waals surface area contributed by atoms with Gasteiger partial charge in [-0.15, -0.1) is 0 Å². The number of hydrogen-bond acceptors (Lipinski definition) is 3. The maximum Gasteiger partial charge on any atom is 0.186 e. The van der Waals surface area contributed by atoms with E-state index >= 15 is 0 Å². The van der Waals surface area contributed by atoms with Crippen molar-refractivity contribution in [3.63, 3.8) is 0 Å². The molecule has 0 aliphatic heterocycles. The molecule has 0 amide bonds. The number of halogens is 1. The molecule has 0 N–H and O–H groups in total. The summed E-state index contributed by atoms with van der Waals surface area (Å²) in [6, 6.07) is 1.88. The average molecular weight is 240 g/mol. The third kappa shape index (κ3) is 4.37. The second kappa shape index (κ2) is 5.79. The molecule has 0 unspecified atom stereocenters. The summed E-state index contributed by atoms with van der Waals surface area (Å²) in [5.74, 6) is 6.32. The summed E-state index contributed by atoms with van der Waals surface area (Å²) < 4.78 is 0. The highest BCUT2D eigenvalue weighted by atomic mass is 35.5. The molecule has 1 aromatic rings. The molecule has 1 rings (SSSR count). The lowest BCUT2D eigenvalue weighted by Crippen LogP contribution is -1.85. The van der Waals surface area contributed by atoms with Crippen LogP contribution in [-0.2, 0) is 4.79 Å². The van der Waals surface area contributed by atoms with Crippen molar-refractivity contribution in [2.45, 2.75) is 13.8 Å². The van der Waals surface area contributed by atoms with Crippen molar-refractivity contribution in [3.8, 4) is 11.8 Å². The van der Waals surface area contributed by atoms with Crippen molar-refractivity contribution < 1.29 is 4.79 Å². The predicted octanol–water partition coefficient (Wildman–Crippen LogP) is 2.67. The monoisotopic (exact) mass is 239 g/mol. The molecule has 0 fully saturated rings. The fourth-order valence-corrected chi connectivity index (χ4v) is 1.35. The summed E-state index contributed by atoms with van der Waals surface area (Å²) in [4.78, 5) is 14.6. The minimum absolute atomic E-state index is 0.0784. The third-order valence-electron chi connectivity index (χ3n) is 1.59. The lowest BCUT2D eigenvalue weighted by molar-refractivity contribution is -0.109. The van der Waals surface area contributed by atoms with Crippen LogP contribution in [0.5, 0.6) is 0 Å². The largest absolute Gasteiger partial charge is 0.288 e. The lowest BCUT2D eigenvalue weighted by Gasteiger charge is -1.95. The predicted molar refractivity (Wildman–Crippen MR) is 64.0 cm³/mol. The van der Waals surface area contributed by atoms with Gasteiger partial charge in [-0.05, 0) is 18.6 Å². The Morgan fingerprint density at radius 3 is 3.00 bits per heavy atom. The standard InChI is InChI=1S/C11H10ClNOS/c1-8-6-10(7-13-11(8)12)4-3-5-15-9(2)14/h6-7H,5H2,1-2H3. The molecule has 0 atom stereocenters. The Balaban J connectivity index is 2.64. The molecule has 15 heavy (non-hydrogen) atoms. The second-order valence-corrected chi connectivity index (χ2v) is 4.42. The SMILES string of the molecule is CC(=O)SCC#Cc1cnc(Cl)c(C)c1. The van der Waals surface area contributed by atoms with Crippen LogP contribution < -0.4 is 0 Å². The zero-order chi connectivity index (χ0) is 11.3. The maximum absolute atomic E-state index is 10.6. The first-order valence-electron chi connectivity index (χ1n) is 4.34. The topological polar surface area (TPSA) is 30.0 Å². The van der Waals surface area contributed by atoms with Crippen LogP contribution in [0, 0.1) is 18.8 Å². The molecule has 1 heterocycles. The zero-order valence-electron chi connectivity index (χ0n) is 8.50. The molecule has 0 spiro atoms. The first-order chi connectivity index (χ1) is 7.09. The van der Waals surface area contributed by atoms with E-state index in [0.29, 0.717) is 10.9 Å². The van der Waals surface area contributed by atoms with Crippen LogP contribution in [0.4, 0.5) is 0 Å². The van der Waals surface area contributed by atoms with Crippen molar-refractivity contribution in [1.82, 2.24) is 4.98 Å². The highest BCUT2D eigenvalue weighted by Crippen LogP contribution is 2.11. The summed E-state index contributed by atoms with van der Waals surface area (Å²) in [5, 5.41) is 0.577. The molecule has 0 aliphatic carbocycles. The Hall–Kier alpha value is -0.980. The van der Waals surface area contributed by atoms with E-state index in [1.54, 1.807) is 6.20 Å². The highest BCUT2D eigenvalue weighted by Gasteiger charge is 1.96. The molecular formula is C11H10ClNOS. The number of pyridine rings is 1. The van der Waals surface area contributed by atoms with Gasteiger partial charge >= 0.3 is 0 Å². The van der Waals surface area contributed by atoms with E-state index < -0.39 is 0 Å². The number of carbonyl (C=O) groups is 1. The van der Waals surface area contributed by atoms with E-state index in [9.17, 15) is 4.79 Å². The minimum Gasteiger partial charge on any atom is -0.288 e. The fourth-order valence-electron chi connectivity index (χ4n) is 0.902. The Bertz CT molecular complexity index is 434. The van der Waals surface area contributed by atoms with Gasteiger partial charge in [-0.2, -0.15) is 0 Å². The smallest absolute Gasteiger partial charge is 0.186 e. The van der Waals surface area contributed by atoms with Gasteiger partial charge in [-0.3, -0.25) is 4.79 Å². The lowest BCUT2D eigenvalue weighted by atomic mass is 10.2. The average Bonchev–Trinajstić information content (AvgIpc) is 2.18. The molecule has 0 radical (unpaired) electrons. The molecule has 2 nitrogen and oxygen atoms in total. The summed E-state index contributed by atoms with van der Waals surface area (Å²) in [6.07, 6.45) is 1.63. The number of nitrogens with zero attached hydrogens (tertiary/aromatic N) is 1. The summed E-state index contributed by atoms with van der Waals surface area (Å²) in [6.45, 7) is 3.41. The number of rotatable bonds is 1. The first kappa shape index (κ1) is 12.1. The normalized spacial score (nSPS) is 9.27. The van der Waals surface area contributed by atoms with Gasteiger partial charge in [0, 0.05) is 18.7 Å². The van der Waals surface area contributed by atoms with Gasteiger partial charge in [0.1, 0.15) is 5.15 Å². The van der Waals surface area contributed by atoms with Crippen LogP contribution in [0.25, 0.3) is 0 Å². The van der Waals surface area contributed by atoms with Crippen molar-refractivity contribution >= 4 is 28.5 Å². The van der Waals surface area contributed by atoms with E-state index in [1.807, 2.05) is 13.0 Å². The minimum atomic E-state index is 0.0784. The molecule has 1 aromatic heterocycles. The van der Waals surface area contributed by atoms with Crippen LogP contribution in [-0.4, -0.2) is 15.9 Å². The third-order valence-corrected chi connectivity index (χ3v) is 2.69. The molecular weight excluding hydrogens is 230 g/mol. The van der Waals surface area contributed by atoms with E-state index in [0.717, 1.165) is 11.1 Å². The maximum atomic E-state index is 10.6. The van der Waals surface area contributed by atoms with Gasteiger partial charge in [0.15, 0.2) is 5.12 Å². The Labute approximate surface area is 98.4 Å². The molecule has 0 bridgehead atoms. The van der Waals surface area contributed by atoms with Crippen molar-refractivity contribution in [3.05, 3.63) is 28.5 Å². The van der Waals surface area contributed by atoms with E-state index in [4.69, 9.17) is 11.6 Å². The molecule has 0 aliphatic rings. The van der Waals surface area contributed by atoms with Gasteiger partial charge in [-0.25, -0.2) is 4.98 Å². The first-order valence-corrected chi connectivity index (χ1v) is 5.70.